The summed E-state index contributed by atoms with van der Waals surface area (Å²) in [7, 11) is 0. The highest BCUT2D eigenvalue weighted by molar-refractivity contribution is 5.89. The average Bonchev–Trinajstić information content (AvgIpc) is 3.29. The summed E-state index contributed by atoms with van der Waals surface area (Å²) >= 11 is 0. The van der Waals surface area contributed by atoms with Gasteiger partial charge in [-0.25, -0.2) is 4.79 Å². The van der Waals surface area contributed by atoms with Crippen LogP contribution in [0.15, 0.2) is 53.1 Å². The van der Waals surface area contributed by atoms with Crippen LogP contribution in [0.3, 0.4) is 0 Å². The molecule has 0 aliphatic carbocycles. The van der Waals surface area contributed by atoms with E-state index in [1.54, 1.807) is 6.26 Å². The number of carbonyl (C=O) groups is 1. The molecule has 7 nitrogen and oxygen atoms in total. The van der Waals surface area contributed by atoms with Gasteiger partial charge in [-0.15, -0.1) is 0 Å². The van der Waals surface area contributed by atoms with Crippen LogP contribution in [0.5, 0.6) is 0 Å². The molecule has 0 fully saturated rings. The molecule has 3 aromatic rings. The van der Waals surface area contributed by atoms with E-state index in [0.717, 1.165) is 22.7 Å². The lowest BCUT2D eigenvalue weighted by Crippen LogP contribution is -2.34. The van der Waals surface area contributed by atoms with Crippen molar-refractivity contribution >= 4 is 11.7 Å². The smallest absolute Gasteiger partial charge is 0.319 e. The first-order chi connectivity index (χ1) is 13.5. The summed E-state index contributed by atoms with van der Waals surface area (Å²) in [6.45, 7) is 5.04. The van der Waals surface area contributed by atoms with Crippen LogP contribution in [0.1, 0.15) is 22.7 Å². The third-order valence-corrected chi connectivity index (χ3v) is 4.53. The molecule has 28 heavy (non-hydrogen) atoms. The number of nitrogens with zero attached hydrogens (tertiary/aromatic N) is 2. The largest absolute Gasteiger partial charge is 0.469 e. The number of hydrogen-bond acceptors (Lipinski definition) is 4. The number of aryl methyl sites for hydroxylation is 2. The second-order valence-corrected chi connectivity index (χ2v) is 6.95. The number of aliphatic hydroxyl groups excluding tert-OH is 1. The van der Waals surface area contributed by atoms with Gasteiger partial charge in [0.15, 0.2) is 0 Å². The van der Waals surface area contributed by atoms with Crippen LogP contribution < -0.4 is 10.6 Å². The van der Waals surface area contributed by atoms with Gasteiger partial charge in [-0.2, -0.15) is 5.10 Å². The predicted octanol–water partition coefficient (Wildman–Crippen LogP) is 3.11. The Morgan fingerprint density at radius 1 is 1.25 bits per heavy atom. The number of hydrogen-bond donors (Lipinski definition) is 3. The summed E-state index contributed by atoms with van der Waals surface area (Å²) in [6.07, 6.45) is 2.17. The standard InChI is InChI=1S/C21H26N4O3/c1-15-10-16(2)25(24-15)13-17-5-7-19(8-6-17)23-21(27)22-12-18(14-26)11-20-4-3-9-28-20/h3-10,18,26H,11-14H2,1-2H3,(H2,22,23,27)/t18-/m1/s1. The minimum Gasteiger partial charge on any atom is -0.469 e. The number of nitrogens with one attached hydrogen (secondary N) is 2. The summed E-state index contributed by atoms with van der Waals surface area (Å²) < 4.78 is 7.24. The Kier molecular flexibility index (Phi) is 6.49. The second-order valence-electron chi connectivity index (χ2n) is 6.95. The fraction of sp³-hybridized carbons (Fsp3) is 0.333. The number of carbonyl (C=O) groups excluding carboxylic acids is 1. The van der Waals surface area contributed by atoms with Crippen molar-refractivity contribution < 1.29 is 14.3 Å². The number of anilines is 1. The molecule has 2 heterocycles. The number of urea groups is 1. The molecule has 3 N–H and O–H groups in total. The number of aromatic nitrogens is 2. The molecule has 0 saturated carbocycles. The highest BCUT2D eigenvalue weighted by atomic mass is 16.3. The van der Waals surface area contributed by atoms with Gasteiger partial charge in [0.1, 0.15) is 5.76 Å². The maximum Gasteiger partial charge on any atom is 0.319 e. The van der Waals surface area contributed by atoms with E-state index >= 15 is 0 Å². The van der Waals surface area contributed by atoms with Crippen LogP contribution in [-0.2, 0) is 13.0 Å². The van der Waals surface area contributed by atoms with Gasteiger partial charge in [0, 0.05) is 36.9 Å². The quantitative estimate of drug-likeness (QED) is 0.558. The van der Waals surface area contributed by atoms with Crippen molar-refractivity contribution in [2.24, 2.45) is 5.92 Å². The summed E-state index contributed by atoms with van der Waals surface area (Å²) in [6, 6.07) is 13.1. The zero-order valence-corrected chi connectivity index (χ0v) is 16.2. The number of aliphatic hydroxyl groups is 1. The Labute approximate surface area is 164 Å². The molecular weight excluding hydrogens is 356 g/mol. The second kappa shape index (κ2) is 9.23. The van der Waals surface area contributed by atoms with Gasteiger partial charge >= 0.3 is 6.03 Å². The fourth-order valence-corrected chi connectivity index (χ4v) is 3.03. The maximum atomic E-state index is 12.1. The van der Waals surface area contributed by atoms with Gasteiger partial charge in [-0.05, 0) is 49.7 Å². The SMILES string of the molecule is Cc1cc(C)n(Cc2ccc(NC(=O)NC[C@H](CO)Cc3ccco3)cc2)n1. The van der Waals surface area contributed by atoms with E-state index in [-0.39, 0.29) is 18.6 Å². The van der Waals surface area contributed by atoms with E-state index in [1.165, 1.54) is 0 Å². The molecular formula is C21H26N4O3. The Morgan fingerprint density at radius 3 is 2.64 bits per heavy atom. The molecule has 7 heteroatoms. The van der Waals surface area contributed by atoms with Crippen LogP contribution in [-0.4, -0.2) is 34.1 Å². The van der Waals surface area contributed by atoms with Crippen LogP contribution >= 0.6 is 0 Å². The molecule has 0 spiro atoms. The third-order valence-electron chi connectivity index (χ3n) is 4.53. The van der Waals surface area contributed by atoms with Crippen molar-refractivity contribution in [1.29, 1.82) is 0 Å². The topological polar surface area (TPSA) is 92.3 Å². The van der Waals surface area contributed by atoms with Crippen molar-refractivity contribution in [3.63, 3.8) is 0 Å². The van der Waals surface area contributed by atoms with E-state index in [4.69, 9.17) is 4.42 Å². The van der Waals surface area contributed by atoms with E-state index in [1.807, 2.05) is 61.0 Å². The van der Waals surface area contributed by atoms with Gasteiger partial charge in [-0.1, -0.05) is 12.1 Å². The van der Waals surface area contributed by atoms with Crippen LogP contribution in [0.4, 0.5) is 10.5 Å². The fourth-order valence-electron chi connectivity index (χ4n) is 3.03. The van der Waals surface area contributed by atoms with Crippen LogP contribution in [0.2, 0.25) is 0 Å². The minimum atomic E-state index is -0.302. The Hall–Kier alpha value is -3.06. The van der Waals surface area contributed by atoms with E-state index in [0.29, 0.717) is 25.2 Å². The molecule has 2 amide bonds. The summed E-state index contributed by atoms with van der Waals surface area (Å²) in [5.74, 6) is 0.694. The first-order valence-electron chi connectivity index (χ1n) is 9.31. The molecule has 0 aliphatic rings. The molecule has 1 atom stereocenters. The lowest BCUT2D eigenvalue weighted by molar-refractivity contribution is 0.213. The zero-order chi connectivity index (χ0) is 19.9. The highest BCUT2D eigenvalue weighted by Crippen LogP contribution is 2.13. The van der Waals surface area contributed by atoms with Crippen molar-refractivity contribution in [2.45, 2.75) is 26.8 Å². The molecule has 0 aliphatic heterocycles. The van der Waals surface area contributed by atoms with Crippen molar-refractivity contribution in [2.75, 3.05) is 18.5 Å². The summed E-state index contributed by atoms with van der Waals surface area (Å²) in [5, 5.41) is 19.5. The molecule has 148 valence electrons. The number of rotatable bonds is 8. The van der Waals surface area contributed by atoms with Gasteiger partial charge in [0.05, 0.1) is 18.5 Å². The van der Waals surface area contributed by atoms with E-state index < -0.39 is 0 Å². The van der Waals surface area contributed by atoms with E-state index in [9.17, 15) is 9.90 Å². The normalized spacial score (nSPS) is 12.0. The monoisotopic (exact) mass is 382 g/mol. The molecule has 2 aromatic heterocycles. The van der Waals surface area contributed by atoms with Crippen molar-refractivity contribution in [3.05, 3.63) is 71.4 Å². The lowest BCUT2D eigenvalue weighted by atomic mass is 10.1. The van der Waals surface area contributed by atoms with E-state index in [2.05, 4.69) is 15.7 Å². The third kappa shape index (κ3) is 5.47. The van der Waals surface area contributed by atoms with Crippen molar-refractivity contribution in [3.8, 4) is 0 Å². The summed E-state index contributed by atoms with van der Waals surface area (Å²) in [4.78, 5) is 12.1. The molecule has 0 radical (unpaired) electrons. The average molecular weight is 382 g/mol. The number of benzene rings is 1. The summed E-state index contributed by atoms with van der Waals surface area (Å²) in [5.41, 5.74) is 3.94. The van der Waals surface area contributed by atoms with Gasteiger partial charge in [-0.3, -0.25) is 4.68 Å². The molecule has 0 bridgehead atoms. The Morgan fingerprint density at radius 2 is 2.04 bits per heavy atom. The lowest BCUT2D eigenvalue weighted by Gasteiger charge is -2.14. The Balaban J connectivity index is 1.47. The van der Waals surface area contributed by atoms with Gasteiger partial charge in [0.2, 0.25) is 0 Å². The minimum absolute atomic E-state index is 0.0258. The molecule has 3 rings (SSSR count). The molecule has 0 saturated heterocycles. The Bertz CT molecular complexity index is 885. The predicted molar refractivity (Wildman–Crippen MR) is 107 cm³/mol. The first kappa shape index (κ1) is 19.7. The highest BCUT2D eigenvalue weighted by Gasteiger charge is 2.12. The number of amides is 2. The van der Waals surface area contributed by atoms with Crippen molar-refractivity contribution in [1.82, 2.24) is 15.1 Å². The number of furan rings is 1. The zero-order valence-electron chi connectivity index (χ0n) is 16.2. The maximum absolute atomic E-state index is 12.1. The van der Waals surface area contributed by atoms with Gasteiger partial charge < -0.3 is 20.2 Å². The first-order valence-corrected chi connectivity index (χ1v) is 9.31. The van der Waals surface area contributed by atoms with Crippen LogP contribution in [0.25, 0.3) is 0 Å². The van der Waals surface area contributed by atoms with Crippen LogP contribution in [0, 0.1) is 19.8 Å². The molecule has 1 aromatic carbocycles. The molecule has 0 unspecified atom stereocenters. The van der Waals surface area contributed by atoms with Gasteiger partial charge in [0.25, 0.3) is 0 Å².